The number of hydrogen-bond acceptors (Lipinski definition) is 2. The molecule has 2 unspecified atom stereocenters. The van der Waals surface area contributed by atoms with Crippen LogP contribution in [0.2, 0.25) is 0 Å². The van der Waals surface area contributed by atoms with Crippen LogP contribution in [0.5, 0.6) is 0 Å². The number of hydrogen-bond donors (Lipinski definition) is 1. The third-order valence-electron chi connectivity index (χ3n) is 3.40. The van der Waals surface area contributed by atoms with Crippen LogP contribution in [0, 0.1) is 0 Å². The molecule has 0 radical (unpaired) electrons. The van der Waals surface area contributed by atoms with Gasteiger partial charge in [0.15, 0.2) is 5.67 Å². The van der Waals surface area contributed by atoms with E-state index in [9.17, 15) is 30.4 Å². The first-order valence-corrected chi connectivity index (χ1v) is 8.59. The summed E-state index contributed by atoms with van der Waals surface area (Å²) < 4.78 is 98.1. The third-order valence-corrected chi connectivity index (χ3v) is 4.67. The van der Waals surface area contributed by atoms with Crippen LogP contribution < -0.4 is 0 Å². The normalized spacial score (nSPS) is 17.4. The zero-order chi connectivity index (χ0) is 19.0. The molecule has 0 aliphatic rings. The summed E-state index contributed by atoms with van der Waals surface area (Å²) in [7, 11) is -4.44. The van der Waals surface area contributed by atoms with Crippen LogP contribution >= 0.6 is 11.6 Å². The second-order valence-electron chi connectivity index (χ2n) is 5.86. The van der Waals surface area contributed by atoms with Crippen molar-refractivity contribution in [1.82, 2.24) is 0 Å². The van der Waals surface area contributed by atoms with Crippen molar-refractivity contribution < 1.29 is 34.9 Å². The summed E-state index contributed by atoms with van der Waals surface area (Å²) in [6.45, 7) is 0.754. The van der Waals surface area contributed by atoms with E-state index in [2.05, 4.69) is 0 Å². The van der Waals surface area contributed by atoms with E-state index in [1.165, 1.54) is 0 Å². The van der Waals surface area contributed by atoms with Crippen LogP contribution in [0.3, 0.4) is 0 Å². The summed E-state index contributed by atoms with van der Waals surface area (Å²) in [6.07, 6.45) is -2.93. The molecular formula is C14H16ClF5O3S. The average molecular weight is 395 g/mol. The fourth-order valence-corrected chi connectivity index (χ4v) is 2.94. The number of alkyl halides is 6. The van der Waals surface area contributed by atoms with Crippen molar-refractivity contribution in [3.8, 4) is 0 Å². The molecule has 1 N–H and O–H groups in total. The maximum absolute atomic E-state index is 14.3. The van der Waals surface area contributed by atoms with Gasteiger partial charge in [-0.15, -0.1) is 11.6 Å². The molecule has 1 aromatic carbocycles. The van der Waals surface area contributed by atoms with Gasteiger partial charge in [-0.3, -0.25) is 4.55 Å². The highest BCUT2D eigenvalue weighted by Gasteiger charge is 2.55. The Kier molecular flexibility index (Phi) is 5.95. The predicted molar refractivity (Wildman–Crippen MR) is 79.2 cm³/mol. The maximum atomic E-state index is 14.3. The van der Waals surface area contributed by atoms with E-state index in [0.29, 0.717) is 6.92 Å². The van der Waals surface area contributed by atoms with Crippen LogP contribution in [0.15, 0.2) is 29.2 Å². The van der Waals surface area contributed by atoms with Gasteiger partial charge in [0.05, 0.1) is 16.7 Å². The molecule has 2 atom stereocenters. The number of benzene rings is 1. The van der Waals surface area contributed by atoms with Gasteiger partial charge in [-0.05, 0) is 31.5 Å². The summed E-state index contributed by atoms with van der Waals surface area (Å²) in [6, 6.07) is 4.16. The Morgan fingerprint density at radius 1 is 1.08 bits per heavy atom. The van der Waals surface area contributed by atoms with Crippen molar-refractivity contribution in [2.75, 3.05) is 0 Å². The Labute approximate surface area is 141 Å². The monoisotopic (exact) mass is 394 g/mol. The summed E-state index contributed by atoms with van der Waals surface area (Å²) in [4.78, 5) is -0.450. The van der Waals surface area contributed by atoms with Gasteiger partial charge in [0, 0.05) is 6.42 Å². The SMILES string of the molecule is CC(F)(F)CC(F)(F)C(C)(F)CC(Cl)c1ccc(S(=O)(=O)O)cc1. The third kappa shape index (κ3) is 5.56. The van der Waals surface area contributed by atoms with E-state index in [1.54, 1.807) is 0 Å². The minimum atomic E-state index is -4.44. The summed E-state index contributed by atoms with van der Waals surface area (Å²) in [5.41, 5.74) is -3.20. The van der Waals surface area contributed by atoms with Gasteiger partial charge in [-0.1, -0.05) is 12.1 Å². The van der Waals surface area contributed by atoms with E-state index >= 15 is 0 Å². The Balaban J connectivity index is 2.94. The lowest BCUT2D eigenvalue weighted by atomic mass is 9.88. The Hall–Kier alpha value is -0.930. The molecule has 10 heteroatoms. The second-order valence-corrected chi connectivity index (χ2v) is 7.81. The molecule has 0 saturated carbocycles. The summed E-state index contributed by atoms with van der Waals surface area (Å²) in [5, 5.41) is -1.31. The standard InChI is InChI=1S/C14H16ClF5O3S/c1-12(16,14(19,20)8-13(2,17)18)7-11(15)9-3-5-10(6-4-9)24(21,22)23/h3-6,11H,7-8H2,1-2H3,(H,21,22,23). The zero-order valence-corrected chi connectivity index (χ0v) is 14.3. The van der Waals surface area contributed by atoms with Crippen molar-refractivity contribution in [3.05, 3.63) is 29.8 Å². The molecule has 0 amide bonds. The molecule has 1 aromatic rings. The molecule has 0 saturated heterocycles. The minimum Gasteiger partial charge on any atom is -0.282 e. The quantitative estimate of drug-likeness (QED) is 0.401. The van der Waals surface area contributed by atoms with Crippen LogP contribution in [-0.2, 0) is 10.1 Å². The molecule has 0 heterocycles. The lowest BCUT2D eigenvalue weighted by molar-refractivity contribution is -0.179. The fourth-order valence-electron chi connectivity index (χ4n) is 2.03. The van der Waals surface area contributed by atoms with Gasteiger partial charge >= 0.3 is 0 Å². The Morgan fingerprint density at radius 3 is 1.92 bits per heavy atom. The van der Waals surface area contributed by atoms with Crippen molar-refractivity contribution in [2.45, 2.75) is 54.5 Å². The van der Waals surface area contributed by atoms with Gasteiger partial charge < -0.3 is 0 Å². The minimum absolute atomic E-state index is 0.104. The fraction of sp³-hybridized carbons (Fsp3) is 0.571. The highest BCUT2D eigenvalue weighted by Crippen LogP contribution is 2.46. The highest BCUT2D eigenvalue weighted by molar-refractivity contribution is 7.85. The molecule has 1 rings (SSSR count). The smallest absolute Gasteiger partial charge is 0.282 e. The largest absolute Gasteiger partial charge is 0.294 e. The number of rotatable bonds is 7. The average Bonchev–Trinajstić information content (AvgIpc) is 2.34. The highest BCUT2D eigenvalue weighted by atomic mass is 35.5. The van der Waals surface area contributed by atoms with Crippen LogP contribution in [0.25, 0.3) is 0 Å². The number of halogens is 6. The first-order chi connectivity index (χ1) is 10.6. The van der Waals surface area contributed by atoms with E-state index < -0.39 is 50.7 Å². The van der Waals surface area contributed by atoms with Gasteiger partial charge in [0.2, 0.25) is 0 Å². The molecule has 0 aliphatic heterocycles. The van der Waals surface area contributed by atoms with E-state index in [4.69, 9.17) is 16.2 Å². The maximum Gasteiger partial charge on any atom is 0.294 e. The van der Waals surface area contributed by atoms with Gasteiger partial charge in [-0.2, -0.15) is 8.42 Å². The molecule has 0 fully saturated rings. The molecule has 0 aromatic heterocycles. The molecular weight excluding hydrogens is 379 g/mol. The molecule has 3 nitrogen and oxygen atoms in total. The van der Waals surface area contributed by atoms with Gasteiger partial charge in [0.25, 0.3) is 22.0 Å². The molecule has 0 bridgehead atoms. The topological polar surface area (TPSA) is 54.4 Å². The molecule has 0 spiro atoms. The Morgan fingerprint density at radius 2 is 1.54 bits per heavy atom. The summed E-state index contributed by atoms with van der Waals surface area (Å²) in [5.74, 6) is -8.07. The summed E-state index contributed by atoms with van der Waals surface area (Å²) >= 11 is 5.86. The second kappa shape index (κ2) is 6.76. The molecule has 138 valence electrons. The van der Waals surface area contributed by atoms with Gasteiger partial charge in [-0.25, -0.2) is 22.0 Å². The van der Waals surface area contributed by atoms with Crippen molar-refractivity contribution in [2.24, 2.45) is 0 Å². The van der Waals surface area contributed by atoms with Crippen molar-refractivity contribution >= 4 is 21.7 Å². The molecule has 0 aliphatic carbocycles. The van der Waals surface area contributed by atoms with Crippen molar-refractivity contribution in [1.29, 1.82) is 0 Å². The van der Waals surface area contributed by atoms with Crippen LogP contribution in [-0.4, -0.2) is 30.5 Å². The molecule has 24 heavy (non-hydrogen) atoms. The Bertz CT molecular complexity index is 669. The lowest BCUT2D eigenvalue weighted by Gasteiger charge is -2.33. The lowest BCUT2D eigenvalue weighted by Crippen LogP contribution is -2.45. The van der Waals surface area contributed by atoms with Crippen LogP contribution in [0.4, 0.5) is 22.0 Å². The first kappa shape index (κ1) is 21.1. The predicted octanol–water partition coefficient (Wildman–Crippen LogP) is 5.01. The van der Waals surface area contributed by atoms with E-state index in [0.717, 1.165) is 24.3 Å². The van der Waals surface area contributed by atoms with Crippen molar-refractivity contribution in [3.63, 3.8) is 0 Å². The van der Waals surface area contributed by atoms with Crippen LogP contribution in [0.1, 0.15) is 37.6 Å². The first-order valence-electron chi connectivity index (χ1n) is 6.71. The zero-order valence-electron chi connectivity index (χ0n) is 12.7. The van der Waals surface area contributed by atoms with E-state index in [-0.39, 0.29) is 12.5 Å². The van der Waals surface area contributed by atoms with E-state index in [1.807, 2.05) is 0 Å². The van der Waals surface area contributed by atoms with Gasteiger partial charge in [0.1, 0.15) is 0 Å².